The Bertz CT molecular complexity index is 1510. The molecule has 1 aromatic heterocycles. The molecule has 0 bridgehead atoms. The van der Waals surface area contributed by atoms with E-state index >= 15 is 0 Å². The van der Waals surface area contributed by atoms with E-state index in [2.05, 4.69) is 16.8 Å². The first-order valence-corrected chi connectivity index (χ1v) is 11.4. The van der Waals surface area contributed by atoms with Gasteiger partial charge >= 0.3 is 6.18 Å². The molecule has 2 heterocycles. The molecule has 2 aliphatic rings. The standard InChI is InChI=1S/C25H20ClF4N5/c1-14(31)35-19-8-7-17(27)21(26)20(19)22(33-23(35)32)34-13-3-5-16-15(4-2-6-18(16)34)9-10-24(11-12-24)25(28,29)30/h2,4,6-8,31-32H,3,5,11-13H2,1H3. The highest BCUT2D eigenvalue weighted by Gasteiger charge is 2.62. The second-order valence-electron chi connectivity index (χ2n) is 8.82. The van der Waals surface area contributed by atoms with E-state index in [0.29, 0.717) is 36.2 Å². The van der Waals surface area contributed by atoms with E-state index in [9.17, 15) is 17.6 Å². The van der Waals surface area contributed by atoms with Crippen molar-refractivity contribution in [3.05, 3.63) is 57.9 Å². The lowest BCUT2D eigenvalue weighted by Gasteiger charge is -2.32. The monoisotopic (exact) mass is 501 g/mol. The van der Waals surface area contributed by atoms with Crippen molar-refractivity contribution < 1.29 is 17.6 Å². The number of hydrogen-bond acceptors (Lipinski definition) is 4. The minimum Gasteiger partial charge on any atom is -0.325 e. The number of nitrogens with zero attached hydrogens (tertiary/aromatic N) is 3. The predicted molar refractivity (Wildman–Crippen MR) is 126 cm³/mol. The van der Waals surface area contributed by atoms with Crippen LogP contribution < -0.4 is 10.5 Å². The maximum atomic E-state index is 14.5. The summed E-state index contributed by atoms with van der Waals surface area (Å²) in [4.78, 5) is 6.18. The van der Waals surface area contributed by atoms with Crippen molar-refractivity contribution in [3.8, 4) is 11.8 Å². The lowest BCUT2D eigenvalue weighted by atomic mass is 9.95. The molecular weight excluding hydrogens is 482 g/mol. The van der Waals surface area contributed by atoms with E-state index in [-0.39, 0.29) is 40.5 Å². The van der Waals surface area contributed by atoms with Gasteiger partial charge in [0.15, 0.2) is 0 Å². The van der Waals surface area contributed by atoms with Crippen LogP contribution in [-0.4, -0.2) is 28.1 Å². The normalized spacial score (nSPS) is 16.5. The third-order valence-electron chi connectivity index (χ3n) is 6.53. The van der Waals surface area contributed by atoms with E-state index in [1.54, 1.807) is 17.0 Å². The average Bonchev–Trinajstić information content (AvgIpc) is 3.60. The van der Waals surface area contributed by atoms with Crippen LogP contribution in [0.5, 0.6) is 0 Å². The fourth-order valence-corrected chi connectivity index (χ4v) is 4.79. The Hall–Kier alpha value is -3.38. The maximum Gasteiger partial charge on any atom is 0.405 e. The molecule has 0 radical (unpaired) electrons. The van der Waals surface area contributed by atoms with Gasteiger partial charge in [0.05, 0.1) is 15.9 Å². The van der Waals surface area contributed by atoms with Crippen molar-refractivity contribution in [3.63, 3.8) is 0 Å². The number of alkyl halides is 3. The van der Waals surface area contributed by atoms with Gasteiger partial charge in [-0.05, 0) is 62.4 Å². The first kappa shape index (κ1) is 23.4. The molecule has 180 valence electrons. The van der Waals surface area contributed by atoms with Gasteiger partial charge in [-0.15, -0.1) is 0 Å². The quantitative estimate of drug-likeness (QED) is 0.188. The van der Waals surface area contributed by atoms with Gasteiger partial charge in [0.1, 0.15) is 22.9 Å². The molecule has 1 aliphatic heterocycles. The van der Waals surface area contributed by atoms with Gasteiger partial charge < -0.3 is 4.90 Å². The molecular formula is C25H20ClF4N5. The zero-order valence-electron chi connectivity index (χ0n) is 18.7. The predicted octanol–water partition coefficient (Wildman–Crippen LogP) is 5.93. The summed E-state index contributed by atoms with van der Waals surface area (Å²) in [6, 6.07) is 7.86. The van der Waals surface area contributed by atoms with Gasteiger partial charge in [-0.2, -0.15) is 18.2 Å². The molecule has 0 amide bonds. The Balaban J connectivity index is 1.69. The first-order chi connectivity index (χ1) is 16.5. The second kappa shape index (κ2) is 8.09. The van der Waals surface area contributed by atoms with Crippen molar-refractivity contribution >= 4 is 39.8 Å². The molecule has 3 aromatic rings. The van der Waals surface area contributed by atoms with Gasteiger partial charge in [-0.3, -0.25) is 15.4 Å². The molecule has 10 heteroatoms. The van der Waals surface area contributed by atoms with Crippen LogP contribution in [0.2, 0.25) is 5.02 Å². The molecule has 1 aliphatic carbocycles. The average molecular weight is 502 g/mol. The molecule has 1 fully saturated rings. The summed E-state index contributed by atoms with van der Waals surface area (Å²) in [6.45, 7) is 1.98. The van der Waals surface area contributed by atoms with Crippen molar-refractivity contribution in [2.45, 2.75) is 38.8 Å². The summed E-state index contributed by atoms with van der Waals surface area (Å²) in [6.07, 6.45) is -3.09. The number of nitrogens with one attached hydrogen (secondary N) is 2. The van der Waals surface area contributed by atoms with E-state index in [1.807, 2.05) is 6.07 Å². The number of fused-ring (bicyclic) bond motifs is 2. The van der Waals surface area contributed by atoms with Crippen molar-refractivity contribution in [2.24, 2.45) is 5.41 Å². The van der Waals surface area contributed by atoms with Gasteiger partial charge in [-0.1, -0.05) is 29.5 Å². The van der Waals surface area contributed by atoms with Crippen molar-refractivity contribution in [1.82, 2.24) is 9.55 Å². The Morgan fingerprint density at radius 2 is 1.94 bits per heavy atom. The van der Waals surface area contributed by atoms with Crippen LogP contribution in [0.15, 0.2) is 30.3 Å². The Morgan fingerprint density at radius 3 is 2.60 bits per heavy atom. The summed E-state index contributed by atoms with van der Waals surface area (Å²) in [5.74, 6) is 4.87. The van der Waals surface area contributed by atoms with Crippen molar-refractivity contribution in [2.75, 3.05) is 11.4 Å². The molecule has 5 rings (SSSR count). The number of aromatic nitrogens is 2. The summed E-state index contributed by atoms with van der Waals surface area (Å²) in [5.41, 5.74) is 0.187. The highest BCUT2D eigenvalue weighted by atomic mass is 35.5. The topological polar surface area (TPSA) is 68.8 Å². The van der Waals surface area contributed by atoms with Crippen LogP contribution in [0.25, 0.3) is 10.9 Å². The SMILES string of the molecule is CC(=N)n1c(=N)nc(N2CCCc3c(C#CC4(C(F)(F)F)CC4)cccc32)c2c(Cl)c(F)ccc21. The number of anilines is 2. The van der Waals surface area contributed by atoms with Crippen LogP contribution in [-0.2, 0) is 6.42 Å². The fraction of sp³-hybridized carbons (Fsp3) is 0.320. The lowest BCUT2D eigenvalue weighted by Crippen LogP contribution is -2.33. The molecule has 35 heavy (non-hydrogen) atoms. The minimum atomic E-state index is -4.36. The molecule has 2 N–H and O–H groups in total. The molecule has 2 aromatic carbocycles. The van der Waals surface area contributed by atoms with Crippen LogP contribution in [0.3, 0.4) is 0 Å². The van der Waals surface area contributed by atoms with E-state index in [4.69, 9.17) is 22.4 Å². The highest BCUT2D eigenvalue weighted by Crippen LogP contribution is 2.57. The molecule has 5 nitrogen and oxygen atoms in total. The zero-order valence-corrected chi connectivity index (χ0v) is 19.4. The third kappa shape index (κ3) is 3.76. The second-order valence-corrected chi connectivity index (χ2v) is 9.20. The number of benzene rings is 2. The van der Waals surface area contributed by atoms with Crippen LogP contribution in [0, 0.1) is 33.9 Å². The molecule has 0 spiro atoms. The summed E-state index contributed by atoms with van der Waals surface area (Å²) >= 11 is 6.37. The lowest BCUT2D eigenvalue weighted by molar-refractivity contribution is -0.168. The Kier molecular flexibility index (Phi) is 5.40. The van der Waals surface area contributed by atoms with E-state index in [1.165, 1.54) is 23.6 Å². The number of hydrogen-bond donors (Lipinski definition) is 2. The van der Waals surface area contributed by atoms with Crippen molar-refractivity contribution in [1.29, 1.82) is 10.8 Å². The van der Waals surface area contributed by atoms with Gasteiger partial charge in [0.2, 0.25) is 5.62 Å². The summed E-state index contributed by atoms with van der Waals surface area (Å²) in [5, 5.41) is 16.5. The minimum absolute atomic E-state index is 0.00729. The first-order valence-electron chi connectivity index (χ1n) is 11.0. The van der Waals surface area contributed by atoms with Crippen LogP contribution in [0.4, 0.5) is 29.1 Å². The maximum absolute atomic E-state index is 14.5. The van der Waals surface area contributed by atoms with Gasteiger partial charge in [-0.25, -0.2) is 4.39 Å². The van der Waals surface area contributed by atoms with Crippen LogP contribution >= 0.6 is 11.6 Å². The third-order valence-corrected chi connectivity index (χ3v) is 6.90. The highest BCUT2D eigenvalue weighted by molar-refractivity contribution is 6.36. The zero-order chi connectivity index (χ0) is 25.1. The molecule has 0 atom stereocenters. The molecule has 1 saturated carbocycles. The number of rotatable bonds is 1. The smallest absolute Gasteiger partial charge is 0.325 e. The molecule has 0 unspecified atom stereocenters. The largest absolute Gasteiger partial charge is 0.405 e. The Morgan fingerprint density at radius 1 is 1.20 bits per heavy atom. The van der Waals surface area contributed by atoms with E-state index < -0.39 is 17.4 Å². The number of halogens is 5. The summed E-state index contributed by atoms with van der Waals surface area (Å²) in [7, 11) is 0. The van der Waals surface area contributed by atoms with Gasteiger partial charge in [0.25, 0.3) is 0 Å². The van der Waals surface area contributed by atoms with Gasteiger partial charge in [0, 0.05) is 17.8 Å². The van der Waals surface area contributed by atoms with E-state index in [0.717, 1.165) is 5.56 Å². The van der Waals surface area contributed by atoms with Crippen LogP contribution in [0.1, 0.15) is 37.3 Å². The fourth-order valence-electron chi connectivity index (χ4n) is 4.55. The molecule has 0 saturated heterocycles. The summed E-state index contributed by atoms with van der Waals surface area (Å²) < 4.78 is 55.9. The Labute approximate surface area is 203 Å².